The Morgan fingerprint density at radius 3 is 2.61 bits per heavy atom. The number of hydrogen-bond acceptors (Lipinski definition) is 6. The van der Waals surface area contributed by atoms with Gasteiger partial charge >= 0.3 is 5.97 Å². The Morgan fingerprint density at radius 1 is 1.26 bits per heavy atom. The number of carbonyl (C=O) groups excluding carboxylic acids is 1. The van der Waals surface area contributed by atoms with Crippen LogP contribution in [0, 0.1) is 5.92 Å². The lowest BCUT2D eigenvalue weighted by atomic mass is 9.89. The van der Waals surface area contributed by atoms with Crippen LogP contribution in [0.1, 0.15) is 41.8 Å². The molecule has 3 rings (SSSR count). The molecule has 2 aliphatic rings. The normalized spacial score (nSPS) is 20.7. The maximum absolute atomic E-state index is 11.6. The molecule has 0 amide bonds. The van der Waals surface area contributed by atoms with Gasteiger partial charge in [0.25, 0.3) is 0 Å². The second-order valence-corrected chi connectivity index (χ2v) is 7.74. The first-order chi connectivity index (χ1) is 11.2. The van der Waals surface area contributed by atoms with Crippen molar-refractivity contribution in [1.29, 1.82) is 0 Å². The molecule has 1 aliphatic carbocycles. The molecule has 0 bridgehead atoms. The Kier molecular flexibility index (Phi) is 5.77. The molecule has 0 atom stereocenters. The Hall–Kier alpha value is -0.850. The van der Waals surface area contributed by atoms with Gasteiger partial charge in [0, 0.05) is 32.7 Å². The number of piperazine rings is 1. The maximum atomic E-state index is 11.6. The first kappa shape index (κ1) is 17.0. The fourth-order valence-electron chi connectivity index (χ4n) is 3.50. The zero-order chi connectivity index (χ0) is 16.2. The van der Waals surface area contributed by atoms with Gasteiger partial charge in [0.05, 0.1) is 7.11 Å². The molecule has 1 aromatic heterocycles. The van der Waals surface area contributed by atoms with Crippen LogP contribution in [-0.4, -0.2) is 55.7 Å². The molecule has 2 heterocycles. The van der Waals surface area contributed by atoms with Gasteiger partial charge in [0.15, 0.2) is 15.2 Å². The van der Waals surface area contributed by atoms with E-state index >= 15 is 0 Å². The van der Waals surface area contributed by atoms with E-state index in [0.717, 1.165) is 37.2 Å². The lowest BCUT2D eigenvalue weighted by Gasteiger charge is -2.37. The minimum absolute atomic E-state index is 0.251. The molecule has 5 nitrogen and oxygen atoms in total. The average Bonchev–Trinajstić information content (AvgIpc) is 2.97. The van der Waals surface area contributed by atoms with Crippen LogP contribution in [0.15, 0.2) is 0 Å². The highest BCUT2D eigenvalue weighted by atomic mass is 35.5. The van der Waals surface area contributed by atoms with Crippen molar-refractivity contribution in [2.75, 3.05) is 44.7 Å². The largest absolute Gasteiger partial charge is 0.465 e. The summed E-state index contributed by atoms with van der Waals surface area (Å²) in [6.45, 7) is 5.23. The van der Waals surface area contributed by atoms with Gasteiger partial charge < -0.3 is 9.64 Å². The molecule has 128 valence electrons. The van der Waals surface area contributed by atoms with Crippen molar-refractivity contribution in [3.05, 3.63) is 10.0 Å². The van der Waals surface area contributed by atoms with Crippen molar-refractivity contribution in [1.82, 2.24) is 9.88 Å². The second kappa shape index (κ2) is 7.81. The minimum atomic E-state index is -0.408. The lowest BCUT2D eigenvalue weighted by molar-refractivity contribution is 0.0606. The Balaban J connectivity index is 1.53. The Bertz CT molecular complexity index is 537. The number of nitrogens with zero attached hydrogens (tertiary/aromatic N) is 3. The number of hydrogen-bond donors (Lipinski definition) is 0. The first-order valence-electron chi connectivity index (χ1n) is 8.39. The summed E-state index contributed by atoms with van der Waals surface area (Å²) in [5, 5.41) is 1.08. The van der Waals surface area contributed by atoms with Crippen LogP contribution in [-0.2, 0) is 4.74 Å². The molecular weight excluding hydrogens is 334 g/mol. The molecular formula is C16H24ClN3O2S. The summed E-state index contributed by atoms with van der Waals surface area (Å²) in [5.74, 6) is 0.477. The van der Waals surface area contributed by atoms with Gasteiger partial charge in [-0.05, 0) is 18.8 Å². The molecule has 0 unspecified atom stereocenters. The number of aromatic nitrogens is 1. The van der Waals surface area contributed by atoms with Crippen LogP contribution in [0.25, 0.3) is 0 Å². The van der Waals surface area contributed by atoms with Crippen LogP contribution in [0.4, 0.5) is 5.13 Å². The molecule has 1 aromatic rings. The number of thiazole rings is 1. The number of rotatable bonds is 4. The average molecular weight is 358 g/mol. The van der Waals surface area contributed by atoms with E-state index in [2.05, 4.69) is 14.8 Å². The predicted octanol–water partition coefficient (Wildman–Crippen LogP) is 3.29. The van der Waals surface area contributed by atoms with Gasteiger partial charge in [0.2, 0.25) is 0 Å². The molecule has 1 saturated carbocycles. The second-order valence-electron chi connectivity index (χ2n) is 6.40. The van der Waals surface area contributed by atoms with Gasteiger partial charge in [-0.2, -0.15) is 0 Å². The first-order valence-corrected chi connectivity index (χ1v) is 9.58. The number of esters is 1. The van der Waals surface area contributed by atoms with Crippen LogP contribution < -0.4 is 4.90 Å². The summed E-state index contributed by atoms with van der Waals surface area (Å²) in [6.07, 6.45) is 7.00. The summed E-state index contributed by atoms with van der Waals surface area (Å²) < 4.78 is 4.74. The van der Waals surface area contributed by atoms with E-state index in [4.69, 9.17) is 16.3 Å². The number of anilines is 1. The molecule has 1 saturated heterocycles. The standard InChI is InChI=1S/C16H24ClN3O2S/c1-22-15(21)13-14(17)18-16(23-13)20-9-7-19(8-10-20)11-12-5-3-2-4-6-12/h12H,2-11H2,1H3. The molecule has 0 aromatic carbocycles. The van der Waals surface area contributed by atoms with Crippen LogP contribution >= 0.6 is 22.9 Å². The highest BCUT2D eigenvalue weighted by Gasteiger charge is 2.25. The molecule has 7 heteroatoms. The molecule has 23 heavy (non-hydrogen) atoms. The molecule has 0 radical (unpaired) electrons. The van der Waals surface area contributed by atoms with E-state index in [1.807, 2.05) is 0 Å². The van der Waals surface area contributed by atoms with Crippen LogP contribution in [0.2, 0.25) is 5.15 Å². The van der Waals surface area contributed by atoms with E-state index in [0.29, 0.717) is 4.88 Å². The monoisotopic (exact) mass is 357 g/mol. The van der Waals surface area contributed by atoms with Crippen molar-refractivity contribution in [2.24, 2.45) is 5.92 Å². The van der Waals surface area contributed by atoms with Crippen molar-refractivity contribution in [3.8, 4) is 0 Å². The van der Waals surface area contributed by atoms with Gasteiger partial charge in [-0.15, -0.1) is 0 Å². The topological polar surface area (TPSA) is 45.7 Å². The van der Waals surface area contributed by atoms with E-state index < -0.39 is 5.97 Å². The van der Waals surface area contributed by atoms with Crippen LogP contribution in [0.5, 0.6) is 0 Å². The zero-order valence-electron chi connectivity index (χ0n) is 13.6. The fraction of sp³-hybridized carbons (Fsp3) is 0.750. The van der Waals surface area contributed by atoms with E-state index in [9.17, 15) is 4.79 Å². The van der Waals surface area contributed by atoms with Crippen molar-refractivity contribution >= 4 is 34.0 Å². The Labute approximate surface area is 146 Å². The van der Waals surface area contributed by atoms with Crippen molar-refractivity contribution in [3.63, 3.8) is 0 Å². The third-order valence-corrected chi connectivity index (χ3v) is 6.31. The highest BCUT2D eigenvalue weighted by Crippen LogP contribution is 2.31. The minimum Gasteiger partial charge on any atom is -0.465 e. The van der Waals surface area contributed by atoms with Gasteiger partial charge in [-0.3, -0.25) is 4.90 Å². The third-order valence-electron chi connectivity index (χ3n) is 4.83. The maximum Gasteiger partial charge on any atom is 0.351 e. The summed E-state index contributed by atoms with van der Waals surface area (Å²) in [7, 11) is 1.36. The molecule has 0 spiro atoms. The van der Waals surface area contributed by atoms with E-state index in [-0.39, 0.29) is 5.15 Å². The zero-order valence-corrected chi connectivity index (χ0v) is 15.2. The summed E-state index contributed by atoms with van der Waals surface area (Å²) in [6, 6.07) is 0. The highest BCUT2D eigenvalue weighted by molar-refractivity contribution is 7.18. The van der Waals surface area contributed by atoms with E-state index in [1.165, 1.54) is 57.1 Å². The third kappa shape index (κ3) is 4.17. The van der Waals surface area contributed by atoms with E-state index in [1.54, 1.807) is 0 Å². The number of methoxy groups -OCH3 is 1. The number of halogens is 1. The molecule has 0 N–H and O–H groups in total. The summed E-state index contributed by atoms with van der Waals surface area (Å²) in [5.41, 5.74) is 0. The lowest BCUT2D eigenvalue weighted by Crippen LogP contribution is -2.48. The fourth-order valence-corrected chi connectivity index (χ4v) is 4.75. The van der Waals surface area contributed by atoms with Crippen molar-refractivity contribution < 1.29 is 9.53 Å². The van der Waals surface area contributed by atoms with Gasteiger partial charge in [-0.1, -0.05) is 42.2 Å². The predicted molar refractivity (Wildman–Crippen MR) is 93.7 cm³/mol. The van der Waals surface area contributed by atoms with Gasteiger partial charge in [0.1, 0.15) is 0 Å². The van der Waals surface area contributed by atoms with Crippen molar-refractivity contribution in [2.45, 2.75) is 32.1 Å². The van der Waals surface area contributed by atoms with Gasteiger partial charge in [-0.25, -0.2) is 9.78 Å². The summed E-state index contributed by atoms with van der Waals surface area (Å²) in [4.78, 5) is 21.2. The molecule has 1 aliphatic heterocycles. The Morgan fingerprint density at radius 2 is 1.96 bits per heavy atom. The number of ether oxygens (including phenoxy) is 1. The summed E-state index contributed by atoms with van der Waals surface area (Å²) >= 11 is 7.38. The van der Waals surface area contributed by atoms with Crippen LogP contribution in [0.3, 0.4) is 0 Å². The SMILES string of the molecule is COC(=O)c1sc(N2CCN(CC3CCCCC3)CC2)nc1Cl. The quantitative estimate of drug-likeness (QED) is 0.774. The smallest absolute Gasteiger partial charge is 0.351 e. The molecule has 2 fully saturated rings. The number of carbonyl (C=O) groups is 1.